The molecule has 0 saturated carbocycles. The summed E-state index contributed by atoms with van der Waals surface area (Å²) in [4.78, 5) is 35.0. The van der Waals surface area contributed by atoms with E-state index < -0.39 is 35.8 Å². The Morgan fingerprint density at radius 1 is 1.03 bits per heavy atom. The molecule has 1 rings (SSSR count). The number of unbranched alkanes of at least 4 members (excludes halogenated alkanes) is 1. The van der Waals surface area contributed by atoms with Gasteiger partial charge in [-0.1, -0.05) is 30.3 Å². The predicted molar refractivity (Wildman–Crippen MR) is 102 cm³/mol. The molecule has 168 valence electrons. The number of carbonyl (C=O) groups is 3. The molecule has 1 aromatic carbocycles. The van der Waals surface area contributed by atoms with Crippen molar-refractivity contribution in [3.8, 4) is 0 Å². The maximum Gasteiger partial charge on any atom is 0.471 e. The quantitative estimate of drug-likeness (QED) is 0.460. The Morgan fingerprint density at radius 3 is 2.23 bits per heavy atom. The monoisotopic (exact) mass is 432 g/mol. The molecule has 1 atom stereocenters. The first-order chi connectivity index (χ1) is 13.9. The van der Waals surface area contributed by atoms with Crippen LogP contribution in [0.25, 0.3) is 0 Å². The zero-order chi connectivity index (χ0) is 22.8. The van der Waals surface area contributed by atoms with Gasteiger partial charge in [-0.05, 0) is 45.6 Å². The second kappa shape index (κ2) is 11.4. The molecule has 0 heterocycles. The molecular weight excluding hydrogens is 405 g/mol. The van der Waals surface area contributed by atoms with E-state index in [0.29, 0.717) is 6.42 Å². The Kier molecular flexibility index (Phi) is 9.61. The molecule has 0 spiro atoms. The summed E-state index contributed by atoms with van der Waals surface area (Å²) in [5.74, 6) is -3.16. The smallest absolute Gasteiger partial charge is 0.458 e. The van der Waals surface area contributed by atoms with Crippen molar-refractivity contribution in [1.82, 2.24) is 10.6 Å². The van der Waals surface area contributed by atoms with Crippen molar-refractivity contribution in [2.24, 2.45) is 0 Å². The van der Waals surface area contributed by atoms with Gasteiger partial charge in [0.05, 0.1) is 0 Å². The van der Waals surface area contributed by atoms with Crippen molar-refractivity contribution in [2.75, 3.05) is 6.54 Å². The van der Waals surface area contributed by atoms with Crippen LogP contribution in [0.3, 0.4) is 0 Å². The third-order valence-electron chi connectivity index (χ3n) is 3.66. The molecular formula is C20H27F3N2O5. The van der Waals surface area contributed by atoms with Crippen LogP contribution in [-0.2, 0) is 25.7 Å². The summed E-state index contributed by atoms with van der Waals surface area (Å²) in [5.41, 5.74) is -0.0872. The molecule has 0 aromatic heterocycles. The number of ether oxygens (including phenoxy) is 2. The first-order valence-electron chi connectivity index (χ1n) is 9.43. The second-order valence-corrected chi connectivity index (χ2v) is 7.54. The van der Waals surface area contributed by atoms with Gasteiger partial charge in [0.25, 0.3) is 0 Å². The van der Waals surface area contributed by atoms with Crippen LogP contribution in [0, 0.1) is 0 Å². The van der Waals surface area contributed by atoms with Crippen LogP contribution >= 0.6 is 0 Å². The van der Waals surface area contributed by atoms with Crippen LogP contribution in [0.1, 0.15) is 45.6 Å². The maximum atomic E-state index is 12.5. The number of amides is 2. The summed E-state index contributed by atoms with van der Waals surface area (Å²) in [5, 5.41) is 4.18. The fraction of sp³-hybridized carbons (Fsp3) is 0.550. The Morgan fingerprint density at radius 2 is 1.67 bits per heavy atom. The molecule has 1 aromatic rings. The van der Waals surface area contributed by atoms with Crippen molar-refractivity contribution < 1.29 is 37.0 Å². The highest BCUT2D eigenvalue weighted by Gasteiger charge is 2.41. The number of halogens is 3. The fourth-order valence-electron chi connectivity index (χ4n) is 2.30. The standard InChI is InChI=1S/C20H27F3N2O5/c1-19(2,3)30-16(26)15(25-17(27)20(21,22)23)11-7-8-12-24-18(28)29-13-14-9-5-4-6-10-14/h4-6,9-10,15H,7-8,11-13H2,1-3H3,(H,24,28)(H,25,27). The third-order valence-corrected chi connectivity index (χ3v) is 3.66. The van der Waals surface area contributed by atoms with E-state index >= 15 is 0 Å². The van der Waals surface area contributed by atoms with Gasteiger partial charge < -0.3 is 20.1 Å². The van der Waals surface area contributed by atoms with Crippen molar-refractivity contribution in [1.29, 1.82) is 0 Å². The van der Waals surface area contributed by atoms with Crippen molar-refractivity contribution in [3.63, 3.8) is 0 Å². The minimum atomic E-state index is -5.11. The largest absolute Gasteiger partial charge is 0.471 e. The van der Waals surface area contributed by atoms with Gasteiger partial charge in [0.1, 0.15) is 18.2 Å². The van der Waals surface area contributed by atoms with Crippen molar-refractivity contribution in [3.05, 3.63) is 35.9 Å². The number of benzene rings is 1. The highest BCUT2D eigenvalue weighted by molar-refractivity contribution is 5.87. The predicted octanol–water partition coefficient (Wildman–Crippen LogP) is 3.47. The number of rotatable bonds is 9. The lowest BCUT2D eigenvalue weighted by Crippen LogP contribution is -2.48. The number of hydrogen-bond acceptors (Lipinski definition) is 5. The molecule has 2 N–H and O–H groups in total. The van der Waals surface area contributed by atoms with Gasteiger partial charge in [-0.3, -0.25) is 4.79 Å². The summed E-state index contributed by atoms with van der Waals surface area (Å²) in [7, 11) is 0. The zero-order valence-corrected chi connectivity index (χ0v) is 17.2. The van der Waals surface area contributed by atoms with Crippen LogP contribution in [-0.4, -0.2) is 42.3 Å². The van der Waals surface area contributed by atoms with Crippen molar-refractivity contribution in [2.45, 2.75) is 64.5 Å². The SMILES string of the molecule is CC(C)(C)OC(=O)C(CCCCNC(=O)OCc1ccccc1)NC(=O)C(F)(F)F. The number of hydrogen-bond donors (Lipinski definition) is 2. The molecule has 7 nitrogen and oxygen atoms in total. The normalized spacial score (nSPS) is 12.6. The Bertz CT molecular complexity index is 703. The molecule has 2 amide bonds. The third kappa shape index (κ3) is 10.7. The minimum absolute atomic E-state index is 0.0719. The van der Waals surface area contributed by atoms with Crippen LogP contribution < -0.4 is 10.6 Å². The van der Waals surface area contributed by atoms with E-state index in [-0.39, 0.29) is 26.0 Å². The van der Waals surface area contributed by atoms with E-state index in [9.17, 15) is 27.6 Å². The summed E-state index contributed by atoms with van der Waals surface area (Å²) in [6.45, 7) is 5.01. The second-order valence-electron chi connectivity index (χ2n) is 7.54. The summed E-state index contributed by atoms with van der Waals surface area (Å²) >= 11 is 0. The molecule has 0 aliphatic rings. The average molecular weight is 432 g/mol. The van der Waals surface area contributed by atoms with Gasteiger partial charge in [-0.15, -0.1) is 0 Å². The zero-order valence-electron chi connectivity index (χ0n) is 17.2. The first kappa shape index (κ1) is 25.3. The number of carbonyl (C=O) groups excluding carboxylic acids is 3. The molecule has 0 saturated heterocycles. The van der Waals surface area contributed by atoms with Crippen LogP contribution in [0.4, 0.5) is 18.0 Å². The van der Waals surface area contributed by atoms with Crippen LogP contribution in [0.5, 0.6) is 0 Å². The van der Waals surface area contributed by atoms with E-state index in [0.717, 1.165) is 5.56 Å². The van der Waals surface area contributed by atoms with Gasteiger partial charge in [0, 0.05) is 6.54 Å². The fourth-order valence-corrected chi connectivity index (χ4v) is 2.30. The highest BCUT2D eigenvalue weighted by Crippen LogP contribution is 2.17. The van der Waals surface area contributed by atoms with Gasteiger partial charge in [-0.2, -0.15) is 13.2 Å². The molecule has 0 aliphatic heterocycles. The Hall–Kier alpha value is -2.78. The molecule has 0 fully saturated rings. The molecule has 1 unspecified atom stereocenters. The summed E-state index contributed by atoms with van der Waals surface area (Å²) < 4.78 is 47.6. The lowest BCUT2D eigenvalue weighted by atomic mass is 10.1. The van der Waals surface area contributed by atoms with Crippen molar-refractivity contribution >= 4 is 18.0 Å². The molecule has 0 bridgehead atoms. The topological polar surface area (TPSA) is 93.7 Å². The van der Waals surface area contributed by atoms with E-state index in [1.165, 1.54) is 0 Å². The van der Waals surface area contributed by atoms with E-state index in [1.807, 2.05) is 18.2 Å². The molecule has 0 aliphatic carbocycles. The minimum Gasteiger partial charge on any atom is -0.458 e. The average Bonchev–Trinajstić information content (AvgIpc) is 2.63. The first-order valence-corrected chi connectivity index (χ1v) is 9.43. The summed E-state index contributed by atoms with van der Waals surface area (Å²) in [6.07, 6.45) is -5.18. The van der Waals surface area contributed by atoms with Crippen LogP contribution in [0.15, 0.2) is 30.3 Å². The number of alkyl carbamates (subject to hydrolysis) is 1. The molecule has 0 radical (unpaired) electrons. The van der Waals surface area contributed by atoms with Crippen LogP contribution in [0.2, 0.25) is 0 Å². The van der Waals surface area contributed by atoms with E-state index in [4.69, 9.17) is 9.47 Å². The van der Waals surface area contributed by atoms with Gasteiger partial charge >= 0.3 is 24.1 Å². The van der Waals surface area contributed by atoms with E-state index in [1.54, 1.807) is 38.2 Å². The maximum absolute atomic E-state index is 12.5. The molecule has 30 heavy (non-hydrogen) atoms. The lowest BCUT2D eigenvalue weighted by Gasteiger charge is -2.25. The van der Waals surface area contributed by atoms with Gasteiger partial charge in [0.15, 0.2) is 0 Å². The summed E-state index contributed by atoms with van der Waals surface area (Å²) in [6, 6.07) is 7.64. The number of esters is 1. The number of alkyl halides is 3. The Labute approximate surface area is 173 Å². The lowest BCUT2D eigenvalue weighted by molar-refractivity contribution is -0.177. The van der Waals surface area contributed by atoms with Gasteiger partial charge in [-0.25, -0.2) is 9.59 Å². The van der Waals surface area contributed by atoms with E-state index in [2.05, 4.69) is 5.32 Å². The molecule has 10 heteroatoms. The Balaban J connectivity index is 2.41. The highest BCUT2D eigenvalue weighted by atomic mass is 19.4. The van der Waals surface area contributed by atoms with Gasteiger partial charge in [0.2, 0.25) is 0 Å². The number of nitrogens with one attached hydrogen (secondary N) is 2.